The Kier molecular flexibility index (Phi) is 3.44. The topological polar surface area (TPSA) is 57.8 Å². The van der Waals surface area contributed by atoms with Gasteiger partial charge in [-0.2, -0.15) is 5.10 Å². The van der Waals surface area contributed by atoms with Crippen molar-refractivity contribution in [1.29, 1.82) is 0 Å². The summed E-state index contributed by atoms with van der Waals surface area (Å²) in [5.74, 6) is 0.0495. The molecule has 2 heterocycles. The highest BCUT2D eigenvalue weighted by Gasteiger charge is 2.30. The van der Waals surface area contributed by atoms with Crippen molar-refractivity contribution in [2.75, 3.05) is 0 Å². The fourth-order valence-electron chi connectivity index (χ4n) is 2.09. The molecule has 1 aliphatic carbocycles. The van der Waals surface area contributed by atoms with Crippen LogP contribution in [0.15, 0.2) is 29.8 Å². The minimum Gasteiger partial charge on any atom is -0.338 e. The lowest BCUT2D eigenvalue weighted by atomic mass is 10.00. The molecule has 0 bridgehead atoms. The molecular weight excluding hydrogens is 373 g/mol. The summed E-state index contributed by atoms with van der Waals surface area (Å²) in [5, 5.41) is 12.0. The molecule has 1 unspecified atom stereocenters. The molecule has 2 aromatic heterocycles. The monoisotopic (exact) mass is 385 g/mol. The molecule has 1 aliphatic rings. The maximum absolute atomic E-state index is 12.1. The minimum absolute atomic E-state index is 0.0495. The van der Waals surface area contributed by atoms with Crippen molar-refractivity contribution in [3.8, 4) is 0 Å². The smallest absolute Gasteiger partial charge is 0.226 e. The number of nitrogens with zero attached hydrogens (tertiary/aromatic N) is 1. The highest BCUT2D eigenvalue weighted by molar-refractivity contribution is 14.1. The number of H-pyrrole nitrogens is 1. The largest absolute Gasteiger partial charge is 0.338 e. The van der Waals surface area contributed by atoms with E-state index < -0.39 is 0 Å². The number of fused-ring (bicyclic) bond motifs is 1. The van der Waals surface area contributed by atoms with Crippen molar-refractivity contribution in [2.24, 2.45) is 0 Å². The Morgan fingerprint density at radius 3 is 3.32 bits per heavy atom. The van der Waals surface area contributed by atoms with Gasteiger partial charge in [0.05, 0.1) is 18.3 Å². The number of hydrogen-bond donors (Lipinski definition) is 2. The predicted molar refractivity (Wildman–Crippen MR) is 84.2 cm³/mol. The first-order valence-corrected chi connectivity index (χ1v) is 7.84. The summed E-state index contributed by atoms with van der Waals surface area (Å²) < 4.78 is -0.358. The Balaban J connectivity index is 1.68. The second kappa shape index (κ2) is 5.09. The molecule has 0 fully saturated rings. The Morgan fingerprint density at radius 1 is 1.63 bits per heavy atom. The lowest BCUT2D eigenvalue weighted by Crippen LogP contribution is -2.45. The van der Waals surface area contributed by atoms with Crippen LogP contribution in [0.25, 0.3) is 6.08 Å². The average Bonchev–Trinajstić information content (AvgIpc) is 2.98. The SMILES string of the molecule is O=C(Cc1cccs1)NC1(I)C=Cc2[nH]ncc2C1. The summed E-state index contributed by atoms with van der Waals surface area (Å²) in [5.41, 5.74) is 2.16. The van der Waals surface area contributed by atoms with Crippen LogP contribution in [0.2, 0.25) is 0 Å². The van der Waals surface area contributed by atoms with Gasteiger partial charge in [-0.25, -0.2) is 0 Å². The Labute approximate surface area is 128 Å². The van der Waals surface area contributed by atoms with E-state index >= 15 is 0 Å². The van der Waals surface area contributed by atoms with Gasteiger partial charge in [-0.05, 0) is 46.2 Å². The van der Waals surface area contributed by atoms with Crippen molar-refractivity contribution in [3.05, 3.63) is 45.9 Å². The number of aromatic amines is 1. The first-order chi connectivity index (χ1) is 9.15. The van der Waals surface area contributed by atoms with Crippen molar-refractivity contribution in [3.63, 3.8) is 0 Å². The van der Waals surface area contributed by atoms with Gasteiger partial charge in [0.25, 0.3) is 0 Å². The number of alkyl halides is 1. The van der Waals surface area contributed by atoms with E-state index in [-0.39, 0.29) is 9.45 Å². The first kappa shape index (κ1) is 12.9. The predicted octanol–water partition coefficient (Wildman–Crippen LogP) is 2.53. The molecule has 0 saturated carbocycles. The van der Waals surface area contributed by atoms with Gasteiger partial charge in [-0.15, -0.1) is 11.3 Å². The molecule has 3 rings (SSSR count). The van der Waals surface area contributed by atoms with Crippen LogP contribution in [0.3, 0.4) is 0 Å². The number of aromatic nitrogens is 2. The van der Waals surface area contributed by atoms with Gasteiger partial charge >= 0.3 is 0 Å². The van der Waals surface area contributed by atoms with Crippen LogP contribution in [0.4, 0.5) is 0 Å². The Hall–Kier alpha value is -1.15. The summed E-state index contributed by atoms with van der Waals surface area (Å²) in [6, 6.07) is 3.94. The van der Waals surface area contributed by atoms with E-state index in [2.05, 4.69) is 38.1 Å². The molecule has 0 spiro atoms. The zero-order chi connectivity index (χ0) is 13.3. The molecule has 19 heavy (non-hydrogen) atoms. The van der Waals surface area contributed by atoms with Gasteiger partial charge in [-0.3, -0.25) is 9.89 Å². The second-order valence-corrected chi connectivity index (χ2v) is 7.44. The molecule has 0 saturated heterocycles. The van der Waals surface area contributed by atoms with Crippen LogP contribution >= 0.6 is 33.9 Å². The molecular formula is C13H12IN3OS. The quantitative estimate of drug-likeness (QED) is 0.485. The Morgan fingerprint density at radius 2 is 2.53 bits per heavy atom. The molecule has 0 aliphatic heterocycles. The second-order valence-electron chi connectivity index (χ2n) is 4.49. The summed E-state index contributed by atoms with van der Waals surface area (Å²) in [6.07, 6.45) is 7.00. The number of carbonyl (C=O) groups excluding carboxylic acids is 1. The molecule has 2 N–H and O–H groups in total. The third kappa shape index (κ3) is 2.89. The number of hydrogen-bond acceptors (Lipinski definition) is 3. The van der Waals surface area contributed by atoms with E-state index in [9.17, 15) is 4.79 Å². The zero-order valence-electron chi connectivity index (χ0n) is 10.0. The summed E-state index contributed by atoms with van der Waals surface area (Å²) >= 11 is 3.89. The van der Waals surface area contributed by atoms with Gasteiger partial charge in [0, 0.05) is 16.9 Å². The number of thiophene rings is 1. The van der Waals surface area contributed by atoms with E-state index in [0.29, 0.717) is 6.42 Å². The van der Waals surface area contributed by atoms with Crippen LogP contribution in [0.5, 0.6) is 0 Å². The lowest BCUT2D eigenvalue weighted by Gasteiger charge is -2.28. The number of rotatable bonds is 3. The van der Waals surface area contributed by atoms with E-state index in [1.54, 1.807) is 11.3 Å². The molecule has 98 valence electrons. The average molecular weight is 385 g/mol. The van der Waals surface area contributed by atoms with E-state index in [1.165, 1.54) is 0 Å². The van der Waals surface area contributed by atoms with Gasteiger partial charge in [-0.1, -0.05) is 6.07 Å². The highest BCUT2D eigenvalue weighted by Crippen LogP contribution is 2.30. The van der Waals surface area contributed by atoms with Crippen molar-refractivity contribution < 1.29 is 4.79 Å². The van der Waals surface area contributed by atoms with Crippen molar-refractivity contribution in [1.82, 2.24) is 15.5 Å². The van der Waals surface area contributed by atoms with Crippen molar-refractivity contribution in [2.45, 2.75) is 16.4 Å². The third-order valence-electron chi connectivity index (χ3n) is 2.98. The number of nitrogens with one attached hydrogen (secondary N) is 2. The highest BCUT2D eigenvalue weighted by atomic mass is 127. The number of carbonyl (C=O) groups is 1. The summed E-state index contributed by atoms with van der Waals surface area (Å²) in [6.45, 7) is 0. The molecule has 1 amide bonds. The molecule has 6 heteroatoms. The fourth-order valence-corrected chi connectivity index (χ4v) is 3.69. The fraction of sp³-hybridized carbons (Fsp3) is 0.231. The summed E-state index contributed by atoms with van der Waals surface area (Å²) in [7, 11) is 0. The molecule has 0 radical (unpaired) electrons. The number of halogens is 1. The van der Waals surface area contributed by atoms with E-state index in [0.717, 1.165) is 22.6 Å². The van der Waals surface area contributed by atoms with Gasteiger partial charge in [0.1, 0.15) is 3.55 Å². The lowest BCUT2D eigenvalue weighted by molar-refractivity contribution is -0.120. The maximum Gasteiger partial charge on any atom is 0.226 e. The summed E-state index contributed by atoms with van der Waals surface area (Å²) in [4.78, 5) is 13.2. The first-order valence-electron chi connectivity index (χ1n) is 5.88. The van der Waals surface area contributed by atoms with Gasteiger partial charge < -0.3 is 5.32 Å². The standard InChI is InChI=1S/C13H12IN3OS/c14-13(4-3-11-9(7-13)8-15-17-11)16-12(18)6-10-2-1-5-19-10/h1-5,8H,6-7H2,(H,15,17)(H,16,18). The van der Waals surface area contributed by atoms with Crippen LogP contribution in [-0.2, 0) is 17.6 Å². The molecule has 4 nitrogen and oxygen atoms in total. The Bertz CT molecular complexity index is 620. The molecule has 0 aromatic carbocycles. The van der Waals surface area contributed by atoms with Crippen LogP contribution in [0, 0.1) is 0 Å². The zero-order valence-corrected chi connectivity index (χ0v) is 13.0. The molecule has 2 aromatic rings. The van der Waals surface area contributed by atoms with Crippen LogP contribution < -0.4 is 5.32 Å². The minimum atomic E-state index is -0.358. The third-order valence-corrected chi connectivity index (χ3v) is 4.86. The van der Waals surface area contributed by atoms with Gasteiger partial charge in [0.2, 0.25) is 5.91 Å². The van der Waals surface area contributed by atoms with E-state index in [4.69, 9.17) is 0 Å². The molecule has 1 atom stereocenters. The maximum atomic E-state index is 12.1. The van der Waals surface area contributed by atoms with Crippen LogP contribution in [0.1, 0.15) is 16.1 Å². The number of amides is 1. The normalized spacial score (nSPS) is 21.1. The van der Waals surface area contributed by atoms with Crippen molar-refractivity contribution >= 4 is 45.9 Å². The van der Waals surface area contributed by atoms with Gasteiger partial charge in [0.15, 0.2) is 0 Å². The van der Waals surface area contributed by atoms with E-state index in [1.807, 2.05) is 35.9 Å². The van der Waals surface area contributed by atoms with Crippen LogP contribution in [-0.4, -0.2) is 19.7 Å².